The van der Waals surface area contributed by atoms with Crippen LogP contribution in [0, 0.1) is 6.92 Å². The molecule has 0 aromatic carbocycles. The number of rotatable bonds is 4. The first-order chi connectivity index (χ1) is 8.29. The fourth-order valence-corrected chi connectivity index (χ4v) is 3.33. The van der Waals surface area contributed by atoms with Crippen LogP contribution in [0.4, 0.5) is 0 Å². The van der Waals surface area contributed by atoms with E-state index in [9.17, 15) is 0 Å². The lowest BCUT2D eigenvalue weighted by Crippen LogP contribution is -2.15. The molecule has 0 saturated carbocycles. The van der Waals surface area contributed by atoms with E-state index in [1.165, 1.54) is 25.0 Å². The maximum atomic E-state index is 4.70. The molecule has 17 heavy (non-hydrogen) atoms. The Hall–Kier alpha value is -0.610. The zero-order valence-electron chi connectivity index (χ0n) is 10.7. The number of nitrogens with one attached hydrogen (secondary N) is 1. The molecule has 0 aliphatic carbocycles. The predicted octanol–water partition coefficient (Wildman–Crippen LogP) is 2.85. The minimum absolute atomic E-state index is 0.518. The Kier molecular flexibility index (Phi) is 4.80. The van der Waals surface area contributed by atoms with Gasteiger partial charge in [0.2, 0.25) is 0 Å². The molecule has 1 aromatic heterocycles. The van der Waals surface area contributed by atoms with Crippen molar-refractivity contribution in [1.29, 1.82) is 0 Å². The quantitative estimate of drug-likeness (QED) is 0.893. The van der Waals surface area contributed by atoms with Crippen molar-refractivity contribution in [1.82, 2.24) is 15.3 Å². The maximum absolute atomic E-state index is 4.70. The van der Waals surface area contributed by atoms with Crippen LogP contribution in [0.15, 0.2) is 6.07 Å². The molecule has 0 amide bonds. The molecule has 2 rings (SSSR count). The molecule has 94 valence electrons. The lowest BCUT2D eigenvalue weighted by atomic mass is 10.1. The molecular weight excluding hydrogens is 230 g/mol. The summed E-state index contributed by atoms with van der Waals surface area (Å²) in [7, 11) is 0. The lowest BCUT2D eigenvalue weighted by molar-refractivity contribution is 0.646. The Labute approximate surface area is 108 Å². The molecule has 1 unspecified atom stereocenters. The van der Waals surface area contributed by atoms with Gasteiger partial charge in [-0.25, -0.2) is 9.97 Å². The Morgan fingerprint density at radius 3 is 3.00 bits per heavy atom. The third-order valence-corrected chi connectivity index (χ3v) is 4.32. The van der Waals surface area contributed by atoms with Crippen LogP contribution in [0.3, 0.4) is 0 Å². The summed E-state index contributed by atoms with van der Waals surface area (Å²) in [6.45, 7) is 6.01. The van der Waals surface area contributed by atoms with Crippen molar-refractivity contribution in [3.63, 3.8) is 0 Å². The van der Waals surface area contributed by atoms with E-state index < -0.39 is 0 Å². The van der Waals surface area contributed by atoms with Gasteiger partial charge in [-0.1, -0.05) is 13.3 Å². The van der Waals surface area contributed by atoms with Gasteiger partial charge in [-0.05, 0) is 38.1 Å². The van der Waals surface area contributed by atoms with E-state index in [-0.39, 0.29) is 0 Å². The molecule has 1 aromatic rings. The van der Waals surface area contributed by atoms with Gasteiger partial charge in [0, 0.05) is 12.2 Å². The van der Waals surface area contributed by atoms with E-state index >= 15 is 0 Å². The highest BCUT2D eigenvalue weighted by atomic mass is 32.2. The Balaban J connectivity index is 2.12. The van der Waals surface area contributed by atoms with Gasteiger partial charge in [0.15, 0.2) is 0 Å². The second-order valence-electron chi connectivity index (χ2n) is 4.49. The number of hydrogen-bond donors (Lipinski definition) is 1. The molecule has 4 heteroatoms. The minimum Gasteiger partial charge on any atom is -0.311 e. The van der Waals surface area contributed by atoms with Gasteiger partial charge >= 0.3 is 0 Å². The molecule has 2 heterocycles. The number of hydrogen-bond acceptors (Lipinski definition) is 4. The predicted molar refractivity (Wildman–Crippen MR) is 73.2 cm³/mol. The third-order valence-electron chi connectivity index (χ3n) is 2.95. The van der Waals surface area contributed by atoms with Crippen LogP contribution < -0.4 is 5.32 Å². The van der Waals surface area contributed by atoms with Gasteiger partial charge in [-0.2, -0.15) is 11.8 Å². The molecule has 3 nitrogen and oxygen atoms in total. The van der Waals surface area contributed by atoms with Gasteiger partial charge < -0.3 is 5.32 Å². The Morgan fingerprint density at radius 1 is 1.41 bits per heavy atom. The summed E-state index contributed by atoms with van der Waals surface area (Å²) in [5, 5.41) is 3.84. The number of aromatic nitrogens is 2. The second-order valence-corrected chi connectivity index (χ2v) is 5.81. The fourth-order valence-electron chi connectivity index (χ4n) is 2.09. The van der Waals surface area contributed by atoms with Gasteiger partial charge in [0.05, 0.1) is 10.9 Å². The summed E-state index contributed by atoms with van der Waals surface area (Å²) >= 11 is 2.01. The van der Waals surface area contributed by atoms with Crippen molar-refractivity contribution in [3.05, 3.63) is 23.3 Å². The zero-order chi connectivity index (χ0) is 12.1. The second kappa shape index (κ2) is 6.36. The highest BCUT2D eigenvalue weighted by molar-refractivity contribution is 7.99. The summed E-state index contributed by atoms with van der Waals surface area (Å²) in [6, 6.07) is 2.08. The molecule has 0 spiro atoms. The van der Waals surface area contributed by atoms with Crippen molar-refractivity contribution in [2.75, 3.05) is 12.3 Å². The Morgan fingerprint density at radius 2 is 2.29 bits per heavy atom. The van der Waals surface area contributed by atoms with E-state index in [1.807, 2.05) is 11.8 Å². The minimum atomic E-state index is 0.518. The van der Waals surface area contributed by atoms with Crippen LogP contribution in [0.25, 0.3) is 0 Å². The standard InChI is InChI=1S/C13H21N3S/c1-3-14-9-11-8-10(2)15-13(16-11)12-6-4-5-7-17-12/h8,12,14H,3-7,9H2,1-2H3. The first kappa shape index (κ1) is 12.8. The monoisotopic (exact) mass is 251 g/mol. The van der Waals surface area contributed by atoms with E-state index in [0.29, 0.717) is 5.25 Å². The maximum Gasteiger partial charge on any atom is 0.141 e. The van der Waals surface area contributed by atoms with E-state index in [4.69, 9.17) is 4.98 Å². The zero-order valence-corrected chi connectivity index (χ0v) is 11.5. The van der Waals surface area contributed by atoms with Crippen molar-refractivity contribution >= 4 is 11.8 Å². The summed E-state index contributed by atoms with van der Waals surface area (Å²) < 4.78 is 0. The SMILES string of the molecule is CCNCc1cc(C)nc(C2CCCCS2)n1. The van der Waals surface area contributed by atoms with Crippen LogP contribution in [0.2, 0.25) is 0 Å². The first-order valence-electron chi connectivity index (χ1n) is 6.46. The average Bonchev–Trinajstić information content (AvgIpc) is 2.37. The van der Waals surface area contributed by atoms with Crippen LogP contribution in [0.1, 0.15) is 48.6 Å². The van der Waals surface area contributed by atoms with Gasteiger partial charge in [0.25, 0.3) is 0 Å². The lowest BCUT2D eigenvalue weighted by Gasteiger charge is -2.20. The average molecular weight is 251 g/mol. The number of nitrogens with zero attached hydrogens (tertiary/aromatic N) is 2. The van der Waals surface area contributed by atoms with Gasteiger partial charge in [0.1, 0.15) is 5.82 Å². The molecule has 1 N–H and O–H groups in total. The van der Waals surface area contributed by atoms with E-state index in [2.05, 4.69) is 30.2 Å². The molecule has 0 radical (unpaired) electrons. The molecule has 1 aliphatic heterocycles. The van der Waals surface area contributed by atoms with Crippen LogP contribution >= 0.6 is 11.8 Å². The molecule has 1 saturated heterocycles. The van der Waals surface area contributed by atoms with Crippen LogP contribution in [0.5, 0.6) is 0 Å². The first-order valence-corrected chi connectivity index (χ1v) is 7.51. The molecule has 1 aliphatic rings. The van der Waals surface area contributed by atoms with Gasteiger partial charge in [-0.15, -0.1) is 0 Å². The van der Waals surface area contributed by atoms with Gasteiger partial charge in [-0.3, -0.25) is 0 Å². The highest BCUT2D eigenvalue weighted by Gasteiger charge is 2.19. The summed E-state index contributed by atoms with van der Waals surface area (Å²) in [6.07, 6.45) is 3.89. The summed E-state index contributed by atoms with van der Waals surface area (Å²) in [4.78, 5) is 9.31. The van der Waals surface area contributed by atoms with Crippen molar-refractivity contribution in [2.24, 2.45) is 0 Å². The topological polar surface area (TPSA) is 37.8 Å². The highest BCUT2D eigenvalue weighted by Crippen LogP contribution is 2.36. The Bertz CT molecular complexity index is 362. The molecular formula is C13H21N3S. The van der Waals surface area contributed by atoms with Crippen LogP contribution in [-0.2, 0) is 6.54 Å². The molecule has 1 fully saturated rings. The molecule has 1 atom stereocenters. The normalized spacial score (nSPS) is 20.5. The van der Waals surface area contributed by atoms with Crippen molar-refractivity contribution in [3.8, 4) is 0 Å². The third kappa shape index (κ3) is 3.68. The fraction of sp³-hybridized carbons (Fsp3) is 0.692. The number of thioether (sulfide) groups is 1. The summed E-state index contributed by atoms with van der Waals surface area (Å²) in [5.74, 6) is 2.30. The van der Waals surface area contributed by atoms with E-state index in [0.717, 1.165) is 30.3 Å². The van der Waals surface area contributed by atoms with Crippen molar-refractivity contribution < 1.29 is 0 Å². The van der Waals surface area contributed by atoms with Crippen molar-refractivity contribution in [2.45, 2.75) is 44.9 Å². The molecule has 0 bridgehead atoms. The van der Waals surface area contributed by atoms with Crippen LogP contribution in [-0.4, -0.2) is 22.3 Å². The number of aryl methyl sites for hydroxylation is 1. The summed E-state index contributed by atoms with van der Waals surface area (Å²) in [5.41, 5.74) is 2.22. The smallest absolute Gasteiger partial charge is 0.141 e. The van der Waals surface area contributed by atoms with E-state index in [1.54, 1.807) is 0 Å². The largest absolute Gasteiger partial charge is 0.311 e.